The van der Waals surface area contributed by atoms with E-state index in [-0.39, 0.29) is 0 Å². The fourth-order valence-corrected chi connectivity index (χ4v) is 2.48. The first kappa shape index (κ1) is 17.6. The van der Waals surface area contributed by atoms with Crippen LogP contribution in [0.5, 0.6) is 0 Å². The van der Waals surface area contributed by atoms with Gasteiger partial charge in [0.2, 0.25) is 5.91 Å². The lowest BCUT2D eigenvalue weighted by molar-refractivity contribution is -0.131. The summed E-state index contributed by atoms with van der Waals surface area (Å²) in [5, 5.41) is 11.3. The molecule has 1 aliphatic rings. The summed E-state index contributed by atoms with van der Waals surface area (Å²) in [6.07, 6.45) is 2.26. The predicted octanol–water partition coefficient (Wildman–Crippen LogP) is 0.637. The smallest absolute Gasteiger partial charge is 0.268 e. The molecule has 9 heteroatoms. The van der Waals surface area contributed by atoms with Crippen LogP contribution in [0.1, 0.15) is 16.8 Å². The molecule has 1 aliphatic heterocycles. The molecule has 2 heterocycles. The number of anilines is 1. The van der Waals surface area contributed by atoms with E-state index in [1.54, 1.807) is 25.1 Å². The summed E-state index contributed by atoms with van der Waals surface area (Å²) in [6.45, 7) is -1.26. The van der Waals surface area contributed by atoms with Crippen LogP contribution in [0.25, 0.3) is 0 Å². The lowest BCUT2D eigenvalue weighted by Crippen LogP contribution is -2.43. The number of likely N-dealkylation sites (tertiary alicyclic amines) is 1. The minimum absolute atomic E-state index is 0.311. The number of alkyl halides is 2. The highest BCUT2D eigenvalue weighted by Crippen LogP contribution is 2.31. The van der Waals surface area contributed by atoms with Crippen molar-refractivity contribution in [1.29, 1.82) is 5.26 Å². The number of amides is 2. The van der Waals surface area contributed by atoms with E-state index in [1.165, 1.54) is 18.5 Å². The molecule has 1 fully saturated rings. The fourth-order valence-electron chi connectivity index (χ4n) is 2.48. The van der Waals surface area contributed by atoms with Gasteiger partial charge in [-0.1, -0.05) is 0 Å². The van der Waals surface area contributed by atoms with Crippen LogP contribution in [-0.2, 0) is 4.79 Å². The Hall–Kier alpha value is -2.76. The molecule has 2 rings (SSSR count). The van der Waals surface area contributed by atoms with Gasteiger partial charge in [-0.2, -0.15) is 5.26 Å². The van der Waals surface area contributed by atoms with Crippen LogP contribution in [0.3, 0.4) is 0 Å². The predicted molar refractivity (Wildman–Crippen MR) is 81.6 cm³/mol. The summed E-state index contributed by atoms with van der Waals surface area (Å²) in [5.41, 5.74) is 0.872. The number of nitrogens with zero attached hydrogens (tertiary/aromatic N) is 4. The van der Waals surface area contributed by atoms with E-state index < -0.39 is 43.3 Å². The number of aromatic nitrogens is 1. The van der Waals surface area contributed by atoms with Crippen LogP contribution >= 0.6 is 0 Å². The average Bonchev–Trinajstić information content (AvgIpc) is 2.87. The monoisotopic (exact) mass is 337 g/mol. The van der Waals surface area contributed by atoms with Gasteiger partial charge in [-0.15, -0.1) is 0 Å². The molecule has 1 aromatic rings. The molecule has 0 saturated carbocycles. The van der Waals surface area contributed by atoms with E-state index in [9.17, 15) is 18.4 Å². The maximum Gasteiger partial charge on any atom is 0.268 e. The number of halogens is 2. The summed E-state index contributed by atoms with van der Waals surface area (Å²) in [7, 11) is 3.48. The minimum atomic E-state index is -3.08. The van der Waals surface area contributed by atoms with E-state index in [0.29, 0.717) is 11.3 Å². The molecule has 0 bridgehead atoms. The van der Waals surface area contributed by atoms with Crippen molar-refractivity contribution in [2.24, 2.45) is 0 Å². The number of carbonyl (C=O) groups excluding carboxylic acids is 2. The second-order valence-electron chi connectivity index (χ2n) is 5.70. The SMILES string of the molecule is CN(C)c1cnccc1C(=O)NCC(=O)N1CC(F)(F)CC1C#N. The summed E-state index contributed by atoms with van der Waals surface area (Å²) in [5.74, 6) is -4.31. The lowest BCUT2D eigenvalue weighted by Gasteiger charge is -2.20. The zero-order valence-electron chi connectivity index (χ0n) is 13.3. The largest absolute Gasteiger partial charge is 0.376 e. The molecule has 0 spiro atoms. The average molecular weight is 337 g/mol. The highest BCUT2D eigenvalue weighted by molar-refractivity contribution is 6.01. The fraction of sp³-hybridized carbons (Fsp3) is 0.467. The molecule has 0 aliphatic carbocycles. The second kappa shape index (κ2) is 6.78. The molecule has 2 amide bonds. The van der Waals surface area contributed by atoms with Crippen LogP contribution in [0, 0.1) is 11.3 Å². The highest BCUT2D eigenvalue weighted by atomic mass is 19.3. The first-order valence-electron chi connectivity index (χ1n) is 7.21. The highest BCUT2D eigenvalue weighted by Gasteiger charge is 2.47. The number of hydrogen-bond donors (Lipinski definition) is 1. The molecule has 7 nitrogen and oxygen atoms in total. The van der Waals surface area contributed by atoms with Gasteiger partial charge in [-0.05, 0) is 6.07 Å². The molecule has 1 unspecified atom stereocenters. The van der Waals surface area contributed by atoms with Gasteiger partial charge >= 0.3 is 0 Å². The molecule has 1 saturated heterocycles. The van der Waals surface area contributed by atoms with Crippen molar-refractivity contribution < 1.29 is 18.4 Å². The van der Waals surface area contributed by atoms with Crippen molar-refractivity contribution in [3.63, 3.8) is 0 Å². The quantitative estimate of drug-likeness (QED) is 0.871. The number of hydrogen-bond acceptors (Lipinski definition) is 5. The van der Waals surface area contributed by atoms with Crippen LogP contribution in [0.15, 0.2) is 18.5 Å². The third-order valence-corrected chi connectivity index (χ3v) is 3.67. The van der Waals surface area contributed by atoms with Gasteiger partial charge in [0.05, 0.1) is 36.6 Å². The molecule has 128 valence electrons. The molecule has 1 N–H and O–H groups in total. The molecular formula is C15H17F2N5O2. The summed E-state index contributed by atoms with van der Waals surface area (Å²) in [6, 6.07) is 2.01. The van der Waals surface area contributed by atoms with E-state index >= 15 is 0 Å². The molecule has 24 heavy (non-hydrogen) atoms. The maximum atomic E-state index is 13.4. The Labute approximate surface area is 137 Å². The van der Waals surface area contributed by atoms with E-state index in [4.69, 9.17) is 5.26 Å². The number of rotatable bonds is 4. The van der Waals surface area contributed by atoms with Crippen molar-refractivity contribution in [3.05, 3.63) is 24.0 Å². The Morgan fingerprint density at radius 3 is 2.88 bits per heavy atom. The summed E-state index contributed by atoms with van der Waals surface area (Å²) < 4.78 is 26.7. The van der Waals surface area contributed by atoms with E-state index in [2.05, 4.69) is 10.3 Å². The molecule has 0 aromatic carbocycles. The minimum Gasteiger partial charge on any atom is -0.376 e. The Morgan fingerprint density at radius 1 is 1.54 bits per heavy atom. The van der Waals surface area contributed by atoms with Gasteiger partial charge < -0.3 is 15.1 Å². The summed E-state index contributed by atoms with van der Waals surface area (Å²) in [4.78, 5) is 30.7. The zero-order valence-corrected chi connectivity index (χ0v) is 13.3. The zero-order chi connectivity index (χ0) is 17.9. The molecule has 1 aromatic heterocycles. The van der Waals surface area contributed by atoms with Crippen molar-refractivity contribution in [3.8, 4) is 6.07 Å². The van der Waals surface area contributed by atoms with Gasteiger partial charge in [-0.25, -0.2) is 8.78 Å². The maximum absolute atomic E-state index is 13.4. The Balaban J connectivity index is 2.02. The van der Waals surface area contributed by atoms with Crippen molar-refractivity contribution in [2.45, 2.75) is 18.4 Å². The van der Waals surface area contributed by atoms with Crippen LogP contribution in [-0.4, -0.2) is 60.8 Å². The van der Waals surface area contributed by atoms with Crippen LogP contribution in [0.4, 0.5) is 14.5 Å². The molecule has 1 atom stereocenters. The van der Waals surface area contributed by atoms with Crippen LogP contribution < -0.4 is 10.2 Å². The first-order chi connectivity index (χ1) is 11.2. The van der Waals surface area contributed by atoms with Gasteiger partial charge in [-0.3, -0.25) is 14.6 Å². The van der Waals surface area contributed by atoms with Crippen molar-refractivity contribution >= 4 is 17.5 Å². The van der Waals surface area contributed by atoms with Gasteiger partial charge in [0.25, 0.3) is 11.8 Å². The second-order valence-corrected chi connectivity index (χ2v) is 5.70. The molecular weight excluding hydrogens is 320 g/mol. The number of pyridine rings is 1. The number of carbonyl (C=O) groups is 2. The van der Waals surface area contributed by atoms with Crippen LogP contribution in [0.2, 0.25) is 0 Å². The summed E-state index contributed by atoms with van der Waals surface area (Å²) >= 11 is 0. The van der Waals surface area contributed by atoms with E-state index in [1.807, 2.05) is 0 Å². The number of nitriles is 1. The normalized spacial score (nSPS) is 18.8. The Morgan fingerprint density at radius 2 is 2.25 bits per heavy atom. The topological polar surface area (TPSA) is 89.3 Å². The van der Waals surface area contributed by atoms with Gasteiger partial charge in [0.1, 0.15) is 6.04 Å². The standard InChI is InChI=1S/C15H17F2N5O2/c1-21(2)12-7-19-4-3-11(12)14(24)20-8-13(23)22-9-15(16,17)5-10(22)6-18/h3-4,7,10H,5,8-9H2,1-2H3,(H,20,24). The van der Waals surface area contributed by atoms with Crippen molar-refractivity contribution in [2.75, 3.05) is 32.1 Å². The Kier molecular flexibility index (Phi) is 4.97. The lowest BCUT2D eigenvalue weighted by atomic mass is 10.2. The van der Waals surface area contributed by atoms with Gasteiger partial charge in [0, 0.05) is 26.7 Å². The third kappa shape index (κ3) is 3.76. The van der Waals surface area contributed by atoms with Gasteiger partial charge in [0.15, 0.2) is 0 Å². The molecule has 0 radical (unpaired) electrons. The Bertz CT molecular complexity index is 687. The van der Waals surface area contributed by atoms with Crippen molar-refractivity contribution in [1.82, 2.24) is 15.2 Å². The third-order valence-electron chi connectivity index (χ3n) is 3.67. The van der Waals surface area contributed by atoms with E-state index in [0.717, 1.165) is 4.90 Å². The number of nitrogens with one attached hydrogen (secondary N) is 1. The first-order valence-corrected chi connectivity index (χ1v) is 7.21.